The van der Waals surface area contributed by atoms with Crippen molar-refractivity contribution in [3.8, 4) is 0 Å². The number of fused-ring (bicyclic) bond motifs is 2. The molecule has 0 unspecified atom stereocenters. The van der Waals surface area contributed by atoms with Crippen LogP contribution in [0.5, 0.6) is 0 Å². The third kappa shape index (κ3) is 2.46. The van der Waals surface area contributed by atoms with Gasteiger partial charge in [-0.3, -0.25) is 4.79 Å². The van der Waals surface area contributed by atoms with Gasteiger partial charge in [0.1, 0.15) is 5.69 Å². The molecular formula is C18H19N3O2. The predicted molar refractivity (Wildman–Crippen MR) is 88.2 cm³/mol. The molecule has 5 nitrogen and oxygen atoms in total. The minimum atomic E-state index is -0.471. The number of allylic oxidation sites excluding steroid dienone is 2. The summed E-state index contributed by atoms with van der Waals surface area (Å²) in [6, 6.07) is 7.33. The van der Waals surface area contributed by atoms with Crippen LogP contribution in [0.15, 0.2) is 40.7 Å². The number of hydrogen-bond acceptors (Lipinski definition) is 3. The van der Waals surface area contributed by atoms with Gasteiger partial charge in [-0.15, -0.1) is 0 Å². The van der Waals surface area contributed by atoms with E-state index in [4.69, 9.17) is 0 Å². The van der Waals surface area contributed by atoms with Crippen LogP contribution in [0, 0.1) is 11.8 Å². The van der Waals surface area contributed by atoms with Crippen LogP contribution in [0.2, 0.25) is 0 Å². The predicted octanol–water partition coefficient (Wildman–Crippen LogP) is 2.35. The molecule has 2 aromatic rings. The topological polar surface area (TPSA) is 66.1 Å². The van der Waals surface area contributed by atoms with Crippen molar-refractivity contribution in [2.75, 3.05) is 13.1 Å². The fourth-order valence-electron chi connectivity index (χ4n) is 3.87. The van der Waals surface area contributed by atoms with Gasteiger partial charge >= 0.3 is 5.69 Å². The van der Waals surface area contributed by atoms with Crippen molar-refractivity contribution in [2.45, 2.75) is 19.8 Å². The van der Waals surface area contributed by atoms with Crippen LogP contribution < -0.4 is 5.69 Å². The first-order valence-corrected chi connectivity index (χ1v) is 8.06. The lowest BCUT2D eigenvalue weighted by Gasteiger charge is -2.21. The molecule has 1 aliphatic heterocycles. The highest BCUT2D eigenvalue weighted by molar-refractivity contribution is 6.04. The minimum absolute atomic E-state index is 0.126. The third-order valence-electron chi connectivity index (χ3n) is 5.06. The van der Waals surface area contributed by atoms with E-state index in [1.54, 1.807) is 6.07 Å². The lowest BCUT2D eigenvalue weighted by molar-refractivity contribution is 0.0780. The van der Waals surface area contributed by atoms with E-state index in [2.05, 4.69) is 23.0 Å². The van der Waals surface area contributed by atoms with Crippen molar-refractivity contribution in [1.29, 1.82) is 0 Å². The van der Waals surface area contributed by atoms with Crippen LogP contribution in [-0.2, 0) is 0 Å². The minimum Gasteiger partial charge on any atom is -0.337 e. The third-order valence-corrected chi connectivity index (χ3v) is 5.06. The van der Waals surface area contributed by atoms with Crippen molar-refractivity contribution < 1.29 is 4.79 Å². The fraction of sp³-hybridized carbons (Fsp3) is 0.389. The van der Waals surface area contributed by atoms with E-state index in [-0.39, 0.29) is 11.6 Å². The highest BCUT2D eigenvalue weighted by Crippen LogP contribution is 2.36. The molecule has 2 aliphatic rings. The van der Waals surface area contributed by atoms with Crippen LogP contribution in [0.1, 0.15) is 30.3 Å². The zero-order chi connectivity index (χ0) is 16.0. The van der Waals surface area contributed by atoms with Gasteiger partial charge < -0.3 is 9.88 Å². The zero-order valence-electron chi connectivity index (χ0n) is 13.1. The SMILES string of the molecule is CC1=CC[C@@H]2CN(C(=O)c3nc(=O)[nH]c4ccccc34)C[C@@H]2C1. The first-order valence-electron chi connectivity index (χ1n) is 8.06. The number of nitrogens with zero attached hydrogens (tertiary/aromatic N) is 2. The molecule has 0 bridgehead atoms. The molecule has 0 radical (unpaired) electrons. The van der Waals surface area contributed by atoms with Gasteiger partial charge in [-0.1, -0.05) is 29.8 Å². The van der Waals surface area contributed by atoms with Gasteiger partial charge in [0.2, 0.25) is 0 Å². The van der Waals surface area contributed by atoms with Gasteiger partial charge in [-0.2, -0.15) is 4.98 Å². The molecule has 1 aromatic carbocycles. The van der Waals surface area contributed by atoms with Gasteiger partial charge in [0.15, 0.2) is 0 Å². The standard InChI is InChI=1S/C18H19N3O2/c1-11-6-7-12-9-21(10-13(12)8-11)17(22)16-14-4-2-3-5-15(14)19-18(23)20-16/h2-6,12-13H,7-10H2,1H3,(H,19,20,23)/t12-,13+/m1/s1. The van der Waals surface area contributed by atoms with Crippen molar-refractivity contribution in [3.05, 3.63) is 52.1 Å². The number of H-pyrrole nitrogens is 1. The van der Waals surface area contributed by atoms with E-state index >= 15 is 0 Å². The van der Waals surface area contributed by atoms with E-state index in [9.17, 15) is 9.59 Å². The average molecular weight is 309 g/mol. The summed E-state index contributed by atoms with van der Waals surface area (Å²) in [5.74, 6) is 0.951. The Bertz CT molecular complexity index is 868. The van der Waals surface area contributed by atoms with E-state index in [0.717, 1.165) is 25.9 Å². The largest absolute Gasteiger partial charge is 0.346 e. The van der Waals surface area contributed by atoms with E-state index < -0.39 is 5.69 Å². The number of para-hydroxylation sites is 1. The van der Waals surface area contributed by atoms with E-state index in [1.807, 2.05) is 23.1 Å². The second-order valence-corrected chi connectivity index (χ2v) is 6.66. The molecule has 1 aromatic heterocycles. The molecule has 1 amide bonds. The second kappa shape index (κ2) is 5.33. The first-order chi connectivity index (χ1) is 11.1. The summed E-state index contributed by atoms with van der Waals surface area (Å²) < 4.78 is 0. The quantitative estimate of drug-likeness (QED) is 0.822. The number of nitrogens with one attached hydrogen (secondary N) is 1. The lowest BCUT2D eigenvalue weighted by Crippen LogP contribution is -2.31. The Morgan fingerprint density at radius 3 is 2.91 bits per heavy atom. The summed E-state index contributed by atoms with van der Waals surface area (Å²) in [7, 11) is 0. The molecule has 118 valence electrons. The van der Waals surface area contributed by atoms with Gasteiger partial charge in [0.25, 0.3) is 5.91 Å². The van der Waals surface area contributed by atoms with Crippen LogP contribution in [0.3, 0.4) is 0 Å². The summed E-state index contributed by atoms with van der Waals surface area (Å²) in [6.07, 6.45) is 4.40. The van der Waals surface area contributed by atoms with Crippen LogP contribution >= 0.6 is 0 Å². The maximum absolute atomic E-state index is 12.9. The van der Waals surface area contributed by atoms with E-state index in [1.165, 1.54) is 5.57 Å². The number of aromatic nitrogens is 2. The second-order valence-electron chi connectivity index (χ2n) is 6.66. The first kappa shape index (κ1) is 14.2. The van der Waals surface area contributed by atoms with Crippen LogP contribution in [0.25, 0.3) is 10.9 Å². The highest BCUT2D eigenvalue weighted by Gasteiger charge is 2.37. The highest BCUT2D eigenvalue weighted by atomic mass is 16.2. The normalized spacial score (nSPS) is 23.7. The van der Waals surface area contributed by atoms with Crippen molar-refractivity contribution >= 4 is 16.8 Å². The Morgan fingerprint density at radius 1 is 1.26 bits per heavy atom. The Balaban J connectivity index is 1.67. The van der Waals surface area contributed by atoms with E-state index in [0.29, 0.717) is 22.7 Å². The molecule has 23 heavy (non-hydrogen) atoms. The Morgan fingerprint density at radius 2 is 2.04 bits per heavy atom. The number of amides is 1. The molecule has 2 atom stereocenters. The molecule has 1 aliphatic carbocycles. The van der Waals surface area contributed by atoms with Crippen LogP contribution in [0.4, 0.5) is 0 Å². The monoisotopic (exact) mass is 309 g/mol. The lowest BCUT2D eigenvalue weighted by atomic mass is 9.83. The Hall–Kier alpha value is -2.43. The molecule has 4 rings (SSSR count). The van der Waals surface area contributed by atoms with Gasteiger partial charge in [-0.05, 0) is 37.7 Å². The number of carbonyl (C=O) groups excluding carboxylic acids is 1. The molecule has 1 saturated heterocycles. The van der Waals surface area contributed by atoms with Crippen molar-refractivity contribution in [2.24, 2.45) is 11.8 Å². The number of carbonyl (C=O) groups is 1. The maximum Gasteiger partial charge on any atom is 0.346 e. The average Bonchev–Trinajstić information content (AvgIpc) is 2.96. The number of rotatable bonds is 1. The van der Waals surface area contributed by atoms with Crippen LogP contribution in [-0.4, -0.2) is 33.9 Å². The molecular weight excluding hydrogens is 290 g/mol. The summed E-state index contributed by atoms with van der Waals surface area (Å²) in [5.41, 5.74) is 1.87. The number of likely N-dealkylation sites (tertiary alicyclic amines) is 1. The van der Waals surface area contributed by atoms with Crippen molar-refractivity contribution in [1.82, 2.24) is 14.9 Å². The summed E-state index contributed by atoms with van der Waals surface area (Å²) in [4.78, 5) is 33.2. The van der Waals surface area contributed by atoms with Gasteiger partial charge in [0.05, 0.1) is 5.52 Å². The molecule has 2 heterocycles. The number of hydrogen-bond donors (Lipinski definition) is 1. The molecule has 0 spiro atoms. The Kier molecular flexibility index (Phi) is 3.29. The van der Waals surface area contributed by atoms with Crippen molar-refractivity contribution in [3.63, 3.8) is 0 Å². The smallest absolute Gasteiger partial charge is 0.337 e. The molecule has 0 saturated carbocycles. The molecule has 1 fully saturated rings. The summed E-state index contributed by atoms with van der Waals surface area (Å²) in [5, 5.41) is 0.710. The number of benzene rings is 1. The molecule has 1 N–H and O–H groups in total. The maximum atomic E-state index is 12.9. The summed E-state index contributed by atoms with van der Waals surface area (Å²) in [6.45, 7) is 3.68. The molecule has 5 heteroatoms. The zero-order valence-corrected chi connectivity index (χ0v) is 13.1. The fourth-order valence-corrected chi connectivity index (χ4v) is 3.87. The Labute approximate surface area is 134 Å². The van der Waals surface area contributed by atoms with Gasteiger partial charge in [0, 0.05) is 18.5 Å². The number of aromatic amines is 1. The summed E-state index contributed by atoms with van der Waals surface area (Å²) >= 11 is 0. The van der Waals surface area contributed by atoms with Gasteiger partial charge in [-0.25, -0.2) is 4.79 Å².